The van der Waals surface area contributed by atoms with E-state index >= 15 is 0 Å². The SMILES string of the molecule is [N-]=[N+]=NC(=O)c1ccnc2nc(-c3cccs3)[nH]c12. The first kappa shape index (κ1) is 11.4. The molecular weight excluding hydrogens is 264 g/mol. The van der Waals surface area contributed by atoms with Gasteiger partial charge in [0.1, 0.15) is 0 Å². The lowest BCUT2D eigenvalue weighted by atomic mass is 10.2. The number of carbonyl (C=O) groups excluding carboxylic acids is 1. The zero-order chi connectivity index (χ0) is 13.2. The fourth-order valence-corrected chi connectivity index (χ4v) is 2.38. The molecule has 0 aliphatic heterocycles. The second kappa shape index (κ2) is 4.52. The first-order valence-corrected chi connectivity index (χ1v) is 6.15. The summed E-state index contributed by atoms with van der Waals surface area (Å²) in [7, 11) is 0. The predicted molar refractivity (Wildman–Crippen MR) is 70.7 cm³/mol. The number of hydrogen-bond acceptors (Lipinski definition) is 4. The number of fused-ring (bicyclic) bond motifs is 1. The second-order valence-corrected chi connectivity index (χ2v) is 4.56. The second-order valence-electron chi connectivity index (χ2n) is 3.61. The lowest BCUT2D eigenvalue weighted by Gasteiger charge is -1.94. The van der Waals surface area contributed by atoms with Gasteiger partial charge in [-0.15, -0.1) is 11.3 Å². The summed E-state index contributed by atoms with van der Waals surface area (Å²) >= 11 is 1.53. The van der Waals surface area contributed by atoms with E-state index in [4.69, 9.17) is 5.53 Å². The van der Waals surface area contributed by atoms with Crippen LogP contribution in [0.15, 0.2) is 34.9 Å². The number of carbonyl (C=O) groups is 1. The summed E-state index contributed by atoms with van der Waals surface area (Å²) in [5, 5.41) is 5.02. The third-order valence-corrected chi connectivity index (χ3v) is 3.39. The average molecular weight is 270 g/mol. The molecule has 0 saturated carbocycles. The van der Waals surface area contributed by atoms with E-state index in [0.717, 1.165) is 4.88 Å². The number of aromatic amines is 1. The number of thiophene rings is 1. The van der Waals surface area contributed by atoms with Crippen LogP contribution >= 0.6 is 11.3 Å². The number of hydrogen-bond donors (Lipinski definition) is 1. The molecule has 0 bridgehead atoms. The standard InChI is InChI=1S/C11H6N6OS/c12-17-16-11(18)6-3-4-13-10-8(6)14-9(15-10)7-2-1-5-19-7/h1-5H,(H,13,14,15). The van der Waals surface area contributed by atoms with Gasteiger partial charge < -0.3 is 4.98 Å². The summed E-state index contributed by atoms with van der Waals surface area (Å²) < 4.78 is 0. The van der Waals surface area contributed by atoms with Crippen LogP contribution in [0.1, 0.15) is 10.4 Å². The van der Waals surface area contributed by atoms with E-state index in [9.17, 15) is 4.79 Å². The predicted octanol–water partition coefficient (Wildman–Crippen LogP) is 3.14. The fraction of sp³-hybridized carbons (Fsp3) is 0. The van der Waals surface area contributed by atoms with E-state index in [-0.39, 0.29) is 5.56 Å². The van der Waals surface area contributed by atoms with Gasteiger partial charge in [0.15, 0.2) is 11.5 Å². The Bertz CT molecular complexity index is 800. The van der Waals surface area contributed by atoms with Crippen molar-refractivity contribution in [2.75, 3.05) is 0 Å². The van der Waals surface area contributed by atoms with E-state index in [2.05, 4.69) is 25.0 Å². The van der Waals surface area contributed by atoms with Crippen molar-refractivity contribution in [3.05, 3.63) is 45.8 Å². The van der Waals surface area contributed by atoms with Crippen LogP contribution in [0.25, 0.3) is 32.3 Å². The Labute approximate surface area is 110 Å². The maximum atomic E-state index is 11.7. The molecule has 0 aromatic carbocycles. The van der Waals surface area contributed by atoms with Gasteiger partial charge in [-0.05, 0) is 28.2 Å². The lowest BCUT2D eigenvalue weighted by Crippen LogP contribution is -1.95. The Hall–Kier alpha value is -2.70. The van der Waals surface area contributed by atoms with Crippen LogP contribution in [0.4, 0.5) is 0 Å². The molecule has 0 saturated heterocycles. The van der Waals surface area contributed by atoms with Crippen molar-refractivity contribution in [3.63, 3.8) is 0 Å². The molecule has 7 nitrogen and oxygen atoms in total. The molecule has 0 atom stereocenters. The highest BCUT2D eigenvalue weighted by Gasteiger charge is 2.14. The van der Waals surface area contributed by atoms with Gasteiger partial charge in [0.2, 0.25) is 0 Å². The minimum atomic E-state index is -0.656. The van der Waals surface area contributed by atoms with Crippen molar-refractivity contribution in [1.29, 1.82) is 0 Å². The van der Waals surface area contributed by atoms with Gasteiger partial charge in [0.25, 0.3) is 5.91 Å². The number of pyridine rings is 1. The highest BCUT2D eigenvalue weighted by atomic mass is 32.1. The van der Waals surface area contributed by atoms with Gasteiger partial charge in [-0.2, -0.15) is 0 Å². The van der Waals surface area contributed by atoms with E-state index < -0.39 is 5.91 Å². The molecule has 0 aliphatic rings. The third-order valence-electron chi connectivity index (χ3n) is 2.51. The normalized spacial score (nSPS) is 10.3. The van der Waals surface area contributed by atoms with Crippen LogP contribution in [0.2, 0.25) is 0 Å². The summed E-state index contributed by atoms with van der Waals surface area (Å²) in [6, 6.07) is 5.32. The Kier molecular flexibility index (Phi) is 2.71. The van der Waals surface area contributed by atoms with Crippen molar-refractivity contribution in [2.24, 2.45) is 5.11 Å². The zero-order valence-corrected chi connectivity index (χ0v) is 10.3. The van der Waals surface area contributed by atoms with Gasteiger partial charge in [-0.1, -0.05) is 6.07 Å². The molecule has 0 unspecified atom stereocenters. The number of rotatable bonds is 2. The van der Waals surface area contributed by atoms with Crippen molar-refractivity contribution >= 4 is 28.4 Å². The molecule has 8 heteroatoms. The van der Waals surface area contributed by atoms with Gasteiger partial charge >= 0.3 is 0 Å². The molecule has 3 aromatic heterocycles. The van der Waals surface area contributed by atoms with Crippen molar-refractivity contribution < 1.29 is 4.79 Å². The highest BCUT2D eigenvalue weighted by molar-refractivity contribution is 7.13. The summed E-state index contributed by atoms with van der Waals surface area (Å²) in [5.41, 5.74) is 9.48. The zero-order valence-electron chi connectivity index (χ0n) is 9.44. The van der Waals surface area contributed by atoms with Crippen LogP contribution in [-0.4, -0.2) is 20.9 Å². The van der Waals surface area contributed by atoms with E-state index in [1.54, 1.807) is 0 Å². The van der Waals surface area contributed by atoms with E-state index in [1.165, 1.54) is 23.6 Å². The lowest BCUT2D eigenvalue weighted by molar-refractivity contribution is 0.100. The molecule has 92 valence electrons. The Balaban J connectivity index is 2.20. The van der Waals surface area contributed by atoms with Crippen LogP contribution in [-0.2, 0) is 0 Å². The van der Waals surface area contributed by atoms with Crippen LogP contribution in [0, 0.1) is 0 Å². The molecule has 0 aliphatic carbocycles. The number of imidazole rings is 1. The van der Waals surface area contributed by atoms with Gasteiger partial charge in [-0.3, -0.25) is 4.79 Å². The van der Waals surface area contributed by atoms with E-state index in [0.29, 0.717) is 17.0 Å². The molecule has 0 radical (unpaired) electrons. The van der Waals surface area contributed by atoms with Crippen molar-refractivity contribution in [1.82, 2.24) is 15.0 Å². The molecule has 3 heterocycles. The van der Waals surface area contributed by atoms with Crippen LogP contribution in [0.5, 0.6) is 0 Å². The van der Waals surface area contributed by atoms with Gasteiger partial charge in [-0.25, -0.2) is 9.97 Å². The maximum absolute atomic E-state index is 11.7. The van der Waals surface area contributed by atoms with Crippen molar-refractivity contribution in [2.45, 2.75) is 0 Å². The topological polar surface area (TPSA) is 107 Å². The first-order valence-electron chi connectivity index (χ1n) is 5.27. The Morgan fingerprint density at radius 1 is 1.47 bits per heavy atom. The average Bonchev–Trinajstić information content (AvgIpc) is 3.06. The van der Waals surface area contributed by atoms with Gasteiger partial charge in [0.05, 0.1) is 16.0 Å². The summed E-state index contributed by atoms with van der Waals surface area (Å²) in [4.78, 5) is 26.5. The molecule has 1 N–H and O–H groups in total. The van der Waals surface area contributed by atoms with Crippen LogP contribution < -0.4 is 0 Å². The van der Waals surface area contributed by atoms with E-state index in [1.807, 2.05) is 17.5 Å². The number of azide groups is 1. The molecule has 3 rings (SSSR count). The molecule has 0 fully saturated rings. The number of H-pyrrole nitrogens is 1. The highest BCUT2D eigenvalue weighted by Crippen LogP contribution is 2.25. The minimum Gasteiger partial charge on any atom is -0.335 e. The molecule has 3 aromatic rings. The largest absolute Gasteiger partial charge is 0.335 e. The molecule has 0 spiro atoms. The number of aromatic nitrogens is 3. The number of amides is 1. The summed E-state index contributed by atoms with van der Waals surface area (Å²) in [5.74, 6) is -0.0185. The number of nitrogens with zero attached hydrogens (tertiary/aromatic N) is 5. The van der Waals surface area contributed by atoms with Gasteiger partial charge in [0, 0.05) is 11.1 Å². The quantitative estimate of drug-likeness (QED) is 0.439. The molecule has 1 amide bonds. The first-order chi connectivity index (χ1) is 9.29. The molecular formula is C11H6N6OS. The smallest absolute Gasteiger partial charge is 0.251 e. The van der Waals surface area contributed by atoms with Crippen LogP contribution in [0.3, 0.4) is 0 Å². The number of nitrogens with one attached hydrogen (secondary N) is 1. The summed E-state index contributed by atoms with van der Waals surface area (Å²) in [6.07, 6.45) is 1.46. The van der Waals surface area contributed by atoms with Crippen molar-refractivity contribution in [3.8, 4) is 10.7 Å². The third kappa shape index (κ3) is 1.95. The Morgan fingerprint density at radius 3 is 3.11 bits per heavy atom. The summed E-state index contributed by atoms with van der Waals surface area (Å²) in [6.45, 7) is 0. The fourth-order valence-electron chi connectivity index (χ4n) is 1.71. The monoisotopic (exact) mass is 270 g/mol. The maximum Gasteiger partial charge on any atom is 0.251 e. The Morgan fingerprint density at radius 2 is 2.37 bits per heavy atom. The molecule has 19 heavy (non-hydrogen) atoms. The minimum absolute atomic E-state index is 0.262.